The molecular weight excluding hydrogens is 217 g/mol. The van der Waals surface area contributed by atoms with Crippen molar-refractivity contribution in [2.75, 3.05) is 0 Å². The number of halogens is 1. The van der Waals surface area contributed by atoms with Crippen molar-refractivity contribution in [1.29, 1.82) is 0 Å². The van der Waals surface area contributed by atoms with Gasteiger partial charge in [-0.25, -0.2) is 9.37 Å². The summed E-state index contributed by atoms with van der Waals surface area (Å²) < 4.78 is 12.8. The molecular formula is C13H14FN3. The normalized spacial score (nSPS) is 17.1. The lowest BCUT2D eigenvalue weighted by molar-refractivity contribution is 0.600. The summed E-state index contributed by atoms with van der Waals surface area (Å²) in [6.07, 6.45) is 4.20. The zero-order valence-electron chi connectivity index (χ0n) is 9.36. The van der Waals surface area contributed by atoms with Crippen LogP contribution in [0.5, 0.6) is 0 Å². The molecule has 0 bridgehead atoms. The number of nitrogens with two attached hydrogens (primary N) is 1. The minimum Gasteiger partial charge on any atom is -0.347 e. The van der Waals surface area contributed by atoms with E-state index in [4.69, 9.17) is 5.73 Å². The van der Waals surface area contributed by atoms with E-state index in [2.05, 4.69) is 9.97 Å². The number of hydrogen-bond donors (Lipinski definition) is 2. The highest BCUT2D eigenvalue weighted by atomic mass is 19.1. The quantitative estimate of drug-likeness (QED) is 0.853. The summed E-state index contributed by atoms with van der Waals surface area (Å²) in [6.45, 7) is 0. The van der Waals surface area contributed by atoms with E-state index < -0.39 is 0 Å². The number of nitrogens with zero attached hydrogens (tertiary/aromatic N) is 1. The lowest BCUT2D eigenvalue weighted by Crippen LogP contribution is -2.13. The fraction of sp³-hybridized carbons (Fsp3) is 0.308. The topological polar surface area (TPSA) is 54.7 Å². The summed E-state index contributed by atoms with van der Waals surface area (Å²) >= 11 is 0. The van der Waals surface area contributed by atoms with Crippen molar-refractivity contribution in [2.24, 2.45) is 11.7 Å². The molecule has 17 heavy (non-hydrogen) atoms. The Kier molecular flexibility index (Phi) is 2.44. The van der Waals surface area contributed by atoms with E-state index in [1.165, 1.54) is 25.0 Å². The van der Waals surface area contributed by atoms with Crippen LogP contribution in [-0.2, 0) is 0 Å². The molecule has 3 rings (SSSR count). The maximum absolute atomic E-state index is 12.8. The minimum atomic E-state index is -0.237. The van der Waals surface area contributed by atoms with Gasteiger partial charge in [0.15, 0.2) is 0 Å². The molecule has 88 valence electrons. The Morgan fingerprint density at radius 1 is 1.29 bits per heavy atom. The fourth-order valence-corrected chi connectivity index (χ4v) is 1.95. The second-order valence-electron chi connectivity index (χ2n) is 4.54. The summed E-state index contributed by atoms with van der Waals surface area (Å²) in [5.74, 6) is 1.16. The monoisotopic (exact) mass is 231 g/mol. The van der Waals surface area contributed by atoms with Crippen LogP contribution in [0.3, 0.4) is 0 Å². The third-order valence-electron chi connectivity index (χ3n) is 3.18. The van der Waals surface area contributed by atoms with Gasteiger partial charge in [-0.2, -0.15) is 0 Å². The van der Waals surface area contributed by atoms with Gasteiger partial charge in [-0.1, -0.05) is 0 Å². The molecule has 1 unspecified atom stereocenters. The van der Waals surface area contributed by atoms with Gasteiger partial charge in [-0.15, -0.1) is 0 Å². The van der Waals surface area contributed by atoms with Crippen molar-refractivity contribution < 1.29 is 4.39 Å². The molecule has 1 heterocycles. The van der Waals surface area contributed by atoms with Gasteiger partial charge < -0.3 is 10.7 Å². The SMILES string of the molecule is NC(c1nc(-c2ccc(F)cc2)c[nH]1)C1CC1. The smallest absolute Gasteiger partial charge is 0.124 e. The maximum atomic E-state index is 12.8. The first-order chi connectivity index (χ1) is 8.24. The van der Waals surface area contributed by atoms with Crippen LogP contribution in [-0.4, -0.2) is 9.97 Å². The van der Waals surface area contributed by atoms with E-state index in [1.807, 2.05) is 6.20 Å². The number of hydrogen-bond acceptors (Lipinski definition) is 2. The van der Waals surface area contributed by atoms with Crippen LogP contribution < -0.4 is 5.73 Å². The molecule has 0 saturated heterocycles. The van der Waals surface area contributed by atoms with Gasteiger partial charge in [-0.3, -0.25) is 0 Å². The minimum absolute atomic E-state index is 0.00389. The Balaban J connectivity index is 1.86. The fourth-order valence-electron chi connectivity index (χ4n) is 1.95. The van der Waals surface area contributed by atoms with E-state index in [0.717, 1.165) is 17.1 Å². The van der Waals surface area contributed by atoms with E-state index in [1.54, 1.807) is 12.1 Å². The number of nitrogens with one attached hydrogen (secondary N) is 1. The molecule has 2 aromatic rings. The first-order valence-electron chi connectivity index (χ1n) is 5.81. The molecule has 4 heteroatoms. The molecule has 1 saturated carbocycles. The number of imidazole rings is 1. The van der Waals surface area contributed by atoms with Gasteiger partial charge in [0.2, 0.25) is 0 Å². The lowest BCUT2D eigenvalue weighted by Gasteiger charge is -2.05. The molecule has 3 nitrogen and oxygen atoms in total. The van der Waals surface area contributed by atoms with Gasteiger partial charge >= 0.3 is 0 Å². The van der Waals surface area contributed by atoms with Gasteiger partial charge in [0.1, 0.15) is 11.6 Å². The zero-order valence-corrected chi connectivity index (χ0v) is 9.36. The summed E-state index contributed by atoms with van der Waals surface area (Å²) in [5.41, 5.74) is 7.78. The first kappa shape index (κ1) is 10.5. The van der Waals surface area contributed by atoms with E-state index >= 15 is 0 Å². The van der Waals surface area contributed by atoms with Crippen LogP contribution >= 0.6 is 0 Å². The van der Waals surface area contributed by atoms with E-state index in [-0.39, 0.29) is 11.9 Å². The molecule has 1 atom stereocenters. The van der Waals surface area contributed by atoms with Gasteiger partial charge in [0, 0.05) is 11.8 Å². The molecule has 1 aromatic carbocycles. The molecule has 0 radical (unpaired) electrons. The predicted molar refractivity (Wildman–Crippen MR) is 63.6 cm³/mol. The Labute approximate surface area is 98.9 Å². The molecule has 1 aliphatic carbocycles. The Hall–Kier alpha value is -1.68. The largest absolute Gasteiger partial charge is 0.347 e. The van der Waals surface area contributed by atoms with Gasteiger partial charge in [0.05, 0.1) is 11.7 Å². The molecule has 0 amide bonds. The van der Waals surface area contributed by atoms with Crippen LogP contribution in [0.15, 0.2) is 30.5 Å². The Bertz CT molecular complexity index is 514. The Morgan fingerprint density at radius 2 is 2.00 bits per heavy atom. The Morgan fingerprint density at radius 3 is 2.65 bits per heavy atom. The molecule has 0 spiro atoms. The van der Waals surface area contributed by atoms with Gasteiger partial charge in [-0.05, 0) is 43.0 Å². The second-order valence-corrected chi connectivity index (χ2v) is 4.54. The highest BCUT2D eigenvalue weighted by molar-refractivity contribution is 5.58. The average molecular weight is 231 g/mol. The standard InChI is InChI=1S/C13H14FN3/c14-10-5-3-8(4-6-10)11-7-16-13(17-11)12(15)9-1-2-9/h3-7,9,12H,1-2,15H2,(H,16,17). The van der Waals surface area contributed by atoms with E-state index in [9.17, 15) is 4.39 Å². The average Bonchev–Trinajstić information content (AvgIpc) is 3.07. The number of aromatic nitrogens is 2. The summed E-state index contributed by atoms with van der Waals surface area (Å²) in [5, 5.41) is 0. The number of aromatic amines is 1. The molecule has 1 aromatic heterocycles. The number of benzene rings is 1. The summed E-state index contributed by atoms with van der Waals surface area (Å²) in [7, 11) is 0. The molecule has 3 N–H and O–H groups in total. The molecule has 0 aliphatic heterocycles. The van der Waals surface area contributed by atoms with Crippen molar-refractivity contribution in [3.05, 3.63) is 42.1 Å². The highest BCUT2D eigenvalue weighted by Gasteiger charge is 2.31. The lowest BCUT2D eigenvalue weighted by atomic mass is 10.1. The molecule has 1 aliphatic rings. The molecule has 1 fully saturated rings. The van der Waals surface area contributed by atoms with Crippen molar-refractivity contribution in [3.63, 3.8) is 0 Å². The van der Waals surface area contributed by atoms with Crippen LogP contribution in [0, 0.1) is 11.7 Å². The maximum Gasteiger partial charge on any atom is 0.124 e. The highest BCUT2D eigenvalue weighted by Crippen LogP contribution is 2.38. The number of H-pyrrole nitrogens is 1. The predicted octanol–water partition coefficient (Wildman–Crippen LogP) is 2.63. The van der Waals surface area contributed by atoms with Crippen LogP contribution in [0.25, 0.3) is 11.3 Å². The summed E-state index contributed by atoms with van der Waals surface area (Å²) in [4.78, 5) is 7.58. The van der Waals surface area contributed by atoms with Gasteiger partial charge in [0.25, 0.3) is 0 Å². The van der Waals surface area contributed by atoms with E-state index in [0.29, 0.717) is 5.92 Å². The van der Waals surface area contributed by atoms with Crippen molar-refractivity contribution in [2.45, 2.75) is 18.9 Å². The van der Waals surface area contributed by atoms with Crippen LogP contribution in [0.2, 0.25) is 0 Å². The number of rotatable bonds is 3. The van der Waals surface area contributed by atoms with Crippen molar-refractivity contribution in [1.82, 2.24) is 9.97 Å². The van der Waals surface area contributed by atoms with Crippen molar-refractivity contribution >= 4 is 0 Å². The first-order valence-corrected chi connectivity index (χ1v) is 5.81. The third-order valence-corrected chi connectivity index (χ3v) is 3.18. The zero-order chi connectivity index (χ0) is 11.8. The van der Waals surface area contributed by atoms with Crippen LogP contribution in [0.4, 0.5) is 4.39 Å². The van der Waals surface area contributed by atoms with Crippen molar-refractivity contribution in [3.8, 4) is 11.3 Å². The summed E-state index contributed by atoms with van der Waals surface area (Å²) in [6, 6.07) is 6.31. The second kappa shape index (κ2) is 3.96. The van der Waals surface area contributed by atoms with Crippen LogP contribution in [0.1, 0.15) is 24.7 Å². The third kappa shape index (κ3) is 2.08.